The minimum absolute atomic E-state index is 0.536. The van der Waals surface area contributed by atoms with Gasteiger partial charge in [0.15, 0.2) is 11.5 Å². The molecule has 22 heavy (non-hydrogen) atoms. The average molecular weight is 300 g/mol. The molecule has 4 nitrogen and oxygen atoms in total. The molecule has 0 N–H and O–H groups in total. The van der Waals surface area contributed by atoms with Crippen LogP contribution in [0.3, 0.4) is 0 Å². The van der Waals surface area contributed by atoms with Crippen molar-refractivity contribution in [1.82, 2.24) is 0 Å². The van der Waals surface area contributed by atoms with E-state index in [9.17, 15) is 0 Å². The Labute approximate surface area is 133 Å². The topological polar surface area (TPSA) is 66.0 Å². The number of nitrogens with zero attached hydrogens (tertiary/aromatic N) is 2. The van der Waals surface area contributed by atoms with Crippen molar-refractivity contribution in [3.8, 4) is 23.6 Å². The van der Waals surface area contributed by atoms with E-state index in [1.54, 1.807) is 0 Å². The summed E-state index contributed by atoms with van der Waals surface area (Å²) in [4.78, 5) is 0. The van der Waals surface area contributed by atoms with E-state index < -0.39 is 0 Å². The molecule has 0 atom stereocenters. The Morgan fingerprint density at radius 2 is 1.55 bits per heavy atom. The van der Waals surface area contributed by atoms with Crippen LogP contribution in [0.5, 0.6) is 11.5 Å². The summed E-state index contributed by atoms with van der Waals surface area (Å²) in [6, 6.07) is 8.49. The van der Waals surface area contributed by atoms with Crippen molar-refractivity contribution >= 4 is 0 Å². The van der Waals surface area contributed by atoms with Crippen LogP contribution in [0.25, 0.3) is 0 Å². The van der Waals surface area contributed by atoms with Crippen LogP contribution >= 0.6 is 0 Å². The fourth-order valence-corrected chi connectivity index (χ4v) is 2.35. The van der Waals surface area contributed by atoms with Gasteiger partial charge in [-0.15, -0.1) is 0 Å². The molecule has 118 valence electrons. The fourth-order valence-electron chi connectivity index (χ4n) is 2.35. The molecule has 4 heteroatoms. The maximum atomic E-state index is 8.72. The summed E-state index contributed by atoms with van der Waals surface area (Å²) in [6.07, 6.45) is 4.40. The molecule has 0 saturated carbocycles. The Kier molecular flexibility index (Phi) is 8.53. The van der Waals surface area contributed by atoms with Crippen LogP contribution in [0, 0.1) is 22.7 Å². The Morgan fingerprint density at radius 1 is 0.909 bits per heavy atom. The Bertz CT molecular complexity index is 541. The second-order valence-electron chi connectivity index (χ2n) is 4.97. The maximum Gasteiger partial charge on any atom is 0.164 e. The van der Waals surface area contributed by atoms with Crippen LogP contribution in [0.2, 0.25) is 0 Å². The smallest absolute Gasteiger partial charge is 0.164 e. The van der Waals surface area contributed by atoms with E-state index in [0.29, 0.717) is 26.1 Å². The summed E-state index contributed by atoms with van der Waals surface area (Å²) in [5.74, 6) is 1.57. The van der Waals surface area contributed by atoms with Crippen molar-refractivity contribution in [2.45, 2.75) is 52.4 Å². The summed E-state index contributed by atoms with van der Waals surface area (Å²) in [7, 11) is 0. The lowest BCUT2D eigenvalue weighted by Gasteiger charge is -2.17. The van der Waals surface area contributed by atoms with E-state index in [-0.39, 0.29) is 0 Å². The molecule has 1 rings (SSSR count). The molecule has 0 spiro atoms. The number of benzene rings is 1. The molecule has 0 bridgehead atoms. The molecule has 0 aliphatic rings. The molecule has 0 aromatic heterocycles. The van der Waals surface area contributed by atoms with Gasteiger partial charge in [-0.1, -0.05) is 6.07 Å². The van der Waals surface area contributed by atoms with Crippen molar-refractivity contribution in [2.24, 2.45) is 0 Å². The summed E-state index contributed by atoms with van der Waals surface area (Å²) in [5, 5.41) is 17.4. The summed E-state index contributed by atoms with van der Waals surface area (Å²) in [6.45, 7) is 5.07. The van der Waals surface area contributed by atoms with Gasteiger partial charge in [-0.05, 0) is 56.7 Å². The van der Waals surface area contributed by atoms with E-state index in [1.807, 2.05) is 19.9 Å². The summed E-state index contributed by atoms with van der Waals surface area (Å²) >= 11 is 0. The predicted octanol–water partition coefficient (Wildman–Crippen LogP) is 4.18. The number of nitriles is 2. The standard InChI is InChI=1S/C18H24N2O2/c1-3-21-17-14-15(9-5-7-11-19)13-16(10-6-8-12-20)18(17)22-4-2/h13-14H,3-10H2,1-2H3. The molecule has 0 aliphatic heterocycles. The molecule has 0 amide bonds. The zero-order valence-corrected chi connectivity index (χ0v) is 13.5. The van der Waals surface area contributed by atoms with Gasteiger partial charge in [0, 0.05) is 12.8 Å². The molecular formula is C18H24N2O2. The Balaban J connectivity index is 3.04. The minimum Gasteiger partial charge on any atom is -0.490 e. The number of unbranched alkanes of at least 4 members (excludes halogenated alkanes) is 2. The third-order valence-electron chi connectivity index (χ3n) is 3.27. The lowest BCUT2D eigenvalue weighted by molar-refractivity contribution is 0.285. The molecule has 0 unspecified atom stereocenters. The zero-order valence-electron chi connectivity index (χ0n) is 13.5. The number of hydrogen-bond donors (Lipinski definition) is 0. The average Bonchev–Trinajstić information content (AvgIpc) is 2.51. The van der Waals surface area contributed by atoms with Crippen molar-refractivity contribution < 1.29 is 9.47 Å². The highest BCUT2D eigenvalue weighted by atomic mass is 16.5. The number of aryl methyl sites for hydroxylation is 2. The molecule has 0 fully saturated rings. The van der Waals surface area contributed by atoms with Crippen molar-refractivity contribution in [3.63, 3.8) is 0 Å². The maximum absolute atomic E-state index is 8.72. The quantitative estimate of drug-likeness (QED) is 0.608. The van der Waals surface area contributed by atoms with Gasteiger partial charge in [0.2, 0.25) is 0 Å². The van der Waals surface area contributed by atoms with Crippen LogP contribution in [0.15, 0.2) is 12.1 Å². The molecule has 0 saturated heterocycles. The summed E-state index contributed by atoms with van der Waals surface area (Å²) < 4.78 is 11.5. The largest absolute Gasteiger partial charge is 0.490 e. The van der Waals surface area contributed by atoms with Gasteiger partial charge in [-0.2, -0.15) is 10.5 Å². The SMILES string of the molecule is CCOc1cc(CCCC#N)cc(CCCC#N)c1OCC. The van der Waals surface area contributed by atoms with Gasteiger partial charge in [-0.3, -0.25) is 0 Å². The zero-order chi connectivity index (χ0) is 16.2. The van der Waals surface area contributed by atoms with Gasteiger partial charge in [-0.25, -0.2) is 0 Å². The molecule has 1 aromatic rings. The van der Waals surface area contributed by atoms with E-state index in [1.165, 1.54) is 0 Å². The Hall–Kier alpha value is -2.20. The molecule has 0 heterocycles. The first-order valence-electron chi connectivity index (χ1n) is 7.92. The normalized spacial score (nSPS) is 9.82. The van der Waals surface area contributed by atoms with Crippen molar-refractivity contribution in [2.75, 3.05) is 13.2 Å². The number of hydrogen-bond acceptors (Lipinski definition) is 4. The van der Waals surface area contributed by atoms with Crippen LogP contribution in [-0.2, 0) is 12.8 Å². The van der Waals surface area contributed by atoms with Crippen molar-refractivity contribution in [3.05, 3.63) is 23.3 Å². The molecule has 0 aliphatic carbocycles. The second kappa shape index (κ2) is 10.5. The van der Waals surface area contributed by atoms with Crippen LogP contribution in [0.4, 0.5) is 0 Å². The highest BCUT2D eigenvalue weighted by molar-refractivity contribution is 5.50. The second-order valence-corrected chi connectivity index (χ2v) is 4.97. The predicted molar refractivity (Wildman–Crippen MR) is 85.9 cm³/mol. The number of rotatable bonds is 10. The lowest BCUT2D eigenvalue weighted by atomic mass is 10.00. The first kappa shape index (κ1) is 17.9. The lowest BCUT2D eigenvalue weighted by Crippen LogP contribution is -2.04. The van der Waals surface area contributed by atoms with E-state index in [4.69, 9.17) is 20.0 Å². The fraction of sp³-hybridized carbons (Fsp3) is 0.556. The van der Waals surface area contributed by atoms with Crippen LogP contribution in [-0.4, -0.2) is 13.2 Å². The Morgan fingerprint density at radius 3 is 2.14 bits per heavy atom. The first-order chi connectivity index (χ1) is 10.8. The van der Waals surface area contributed by atoms with Gasteiger partial charge >= 0.3 is 0 Å². The minimum atomic E-state index is 0.536. The first-order valence-corrected chi connectivity index (χ1v) is 7.92. The molecule has 0 radical (unpaired) electrons. The van der Waals surface area contributed by atoms with E-state index >= 15 is 0 Å². The molecule has 1 aromatic carbocycles. The van der Waals surface area contributed by atoms with Gasteiger partial charge in [0.25, 0.3) is 0 Å². The monoisotopic (exact) mass is 300 g/mol. The van der Waals surface area contributed by atoms with Crippen LogP contribution in [0.1, 0.15) is 50.7 Å². The van der Waals surface area contributed by atoms with Crippen molar-refractivity contribution in [1.29, 1.82) is 10.5 Å². The van der Waals surface area contributed by atoms with Gasteiger partial charge < -0.3 is 9.47 Å². The van der Waals surface area contributed by atoms with Crippen LogP contribution < -0.4 is 9.47 Å². The summed E-state index contributed by atoms with van der Waals surface area (Å²) in [5.41, 5.74) is 2.25. The highest BCUT2D eigenvalue weighted by Gasteiger charge is 2.13. The van der Waals surface area contributed by atoms with Gasteiger partial charge in [0.05, 0.1) is 25.4 Å². The third-order valence-corrected chi connectivity index (χ3v) is 3.27. The number of ether oxygens (including phenoxy) is 2. The third kappa shape index (κ3) is 5.66. The highest BCUT2D eigenvalue weighted by Crippen LogP contribution is 2.34. The van der Waals surface area contributed by atoms with E-state index in [0.717, 1.165) is 48.3 Å². The van der Waals surface area contributed by atoms with E-state index in [2.05, 4.69) is 18.2 Å². The van der Waals surface area contributed by atoms with Gasteiger partial charge in [0.1, 0.15) is 0 Å². The molecular weight excluding hydrogens is 276 g/mol.